The molecule has 2 N–H and O–H groups in total. The van der Waals surface area contributed by atoms with Gasteiger partial charge < -0.3 is 24.8 Å². The minimum Gasteiger partial charge on any atom is -0.497 e. The average Bonchev–Trinajstić information content (AvgIpc) is 2.70. The molecule has 0 aliphatic rings. The fourth-order valence-electron chi connectivity index (χ4n) is 2.24. The fourth-order valence-corrected chi connectivity index (χ4v) is 2.24. The number of nitrogens with zero attached hydrogens (tertiary/aromatic N) is 1. The minimum absolute atomic E-state index is 0. The number of ether oxygens (including phenoxy) is 3. The van der Waals surface area contributed by atoms with E-state index in [1.54, 1.807) is 14.2 Å². The molecule has 0 amide bonds. The highest BCUT2D eigenvalue weighted by molar-refractivity contribution is 14.0. The number of aliphatic imine (C=N–C) groups is 1. The maximum Gasteiger partial charge on any atom is 0.191 e. The highest BCUT2D eigenvalue weighted by Crippen LogP contribution is 2.16. The van der Waals surface area contributed by atoms with Crippen LogP contribution < -0.4 is 20.1 Å². The molecule has 2 rings (SSSR count). The third kappa shape index (κ3) is 9.48. The first-order valence-electron chi connectivity index (χ1n) is 8.65. The molecule has 7 heteroatoms. The molecule has 2 aromatic carbocycles. The lowest BCUT2D eigenvalue weighted by Crippen LogP contribution is -2.40. The Balaban J connectivity index is 0.00000364. The van der Waals surface area contributed by atoms with E-state index in [1.165, 1.54) is 5.56 Å². The van der Waals surface area contributed by atoms with Gasteiger partial charge in [-0.1, -0.05) is 30.3 Å². The molecular weight excluding hydrogens is 457 g/mol. The lowest BCUT2D eigenvalue weighted by molar-refractivity contribution is 0.125. The Morgan fingerprint density at radius 1 is 0.889 bits per heavy atom. The molecule has 0 aliphatic heterocycles. The van der Waals surface area contributed by atoms with Crippen LogP contribution in [-0.2, 0) is 11.3 Å². The predicted molar refractivity (Wildman–Crippen MR) is 119 cm³/mol. The van der Waals surface area contributed by atoms with E-state index < -0.39 is 0 Å². The molecule has 0 heterocycles. The van der Waals surface area contributed by atoms with Gasteiger partial charge in [-0.05, 0) is 29.8 Å². The van der Waals surface area contributed by atoms with Crippen molar-refractivity contribution < 1.29 is 14.2 Å². The van der Waals surface area contributed by atoms with Crippen LogP contribution in [0.1, 0.15) is 5.56 Å². The first-order chi connectivity index (χ1) is 12.8. The van der Waals surface area contributed by atoms with Crippen molar-refractivity contribution in [3.63, 3.8) is 0 Å². The van der Waals surface area contributed by atoms with Gasteiger partial charge in [0, 0.05) is 13.6 Å². The standard InChI is InChI=1S/C20H27N3O3.HI/c1-21-20(22-12-14-25-16-17-6-4-3-5-7-17)23-13-15-26-19-10-8-18(24-2)9-11-19;/h3-11H,12-16H2,1-2H3,(H2,21,22,23);1H. The molecule has 0 unspecified atom stereocenters. The van der Waals surface area contributed by atoms with Crippen LogP contribution in [0, 0.1) is 0 Å². The van der Waals surface area contributed by atoms with Crippen LogP contribution in [0.15, 0.2) is 59.6 Å². The summed E-state index contributed by atoms with van der Waals surface area (Å²) >= 11 is 0. The summed E-state index contributed by atoms with van der Waals surface area (Å²) in [7, 11) is 3.38. The summed E-state index contributed by atoms with van der Waals surface area (Å²) in [4.78, 5) is 4.18. The maximum atomic E-state index is 5.67. The summed E-state index contributed by atoms with van der Waals surface area (Å²) in [6.07, 6.45) is 0. The van der Waals surface area contributed by atoms with Crippen molar-refractivity contribution in [3.05, 3.63) is 60.2 Å². The molecule has 0 fully saturated rings. The van der Waals surface area contributed by atoms with Crippen LogP contribution in [0.25, 0.3) is 0 Å². The van der Waals surface area contributed by atoms with Crippen LogP contribution in [0.5, 0.6) is 11.5 Å². The van der Waals surface area contributed by atoms with E-state index in [0.29, 0.717) is 32.9 Å². The van der Waals surface area contributed by atoms with Crippen molar-refractivity contribution in [2.75, 3.05) is 40.5 Å². The Morgan fingerprint density at radius 2 is 1.52 bits per heavy atom. The van der Waals surface area contributed by atoms with Gasteiger partial charge in [-0.3, -0.25) is 4.99 Å². The number of halogens is 1. The van der Waals surface area contributed by atoms with E-state index in [2.05, 4.69) is 27.8 Å². The van der Waals surface area contributed by atoms with E-state index in [9.17, 15) is 0 Å². The van der Waals surface area contributed by atoms with Crippen LogP contribution in [0.3, 0.4) is 0 Å². The summed E-state index contributed by atoms with van der Waals surface area (Å²) in [6, 6.07) is 17.6. The van der Waals surface area contributed by atoms with Gasteiger partial charge in [-0.15, -0.1) is 24.0 Å². The zero-order valence-electron chi connectivity index (χ0n) is 15.8. The second kappa shape index (κ2) is 14.1. The van der Waals surface area contributed by atoms with Crippen LogP contribution in [-0.4, -0.2) is 46.4 Å². The summed E-state index contributed by atoms with van der Waals surface area (Å²) < 4.78 is 16.4. The molecule has 6 nitrogen and oxygen atoms in total. The summed E-state index contributed by atoms with van der Waals surface area (Å²) in [5.74, 6) is 2.35. The maximum absolute atomic E-state index is 5.67. The number of hydrogen-bond donors (Lipinski definition) is 2. The van der Waals surface area contributed by atoms with Gasteiger partial charge in [0.2, 0.25) is 0 Å². The SMILES string of the molecule is CN=C(NCCOCc1ccccc1)NCCOc1ccc(OC)cc1.I. The first kappa shape index (κ1) is 23.0. The van der Waals surface area contributed by atoms with Crippen molar-refractivity contribution in [1.29, 1.82) is 0 Å². The molecule has 0 bridgehead atoms. The van der Waals surface area contributed by atoms with Crippen LogP contribution >= 0.6 is 24.0 Å². The Labute approximate surface area is 178 Å². The van der Waals surface area contributed by atoms with Gasteiger partial charge in [-0.2, -0.15) is 0 Å². The molecular formula is C20H28IN3O3. The van der Waals surface area contributed by atoms with Crippen molar-refractivity contribution >= 4 is 29.9 Å². The van der Waals surface area contributed by atoms with Gasteiger partial charge in [0.15, 0.2) is 5.96 Å². The first-order valence-corrected chi connectivity index (χ1v) is 8.65. The smallest absolute Gasteiger partial charge is 0.191 e. The fraction of sp³-hybridized carbons (Fsp3) is 0.350. The predicted octanol–water partition coefficient (Wildman–Crippen LogP) is 3.07. The largest absolute Gasteiger partial charge is 0.497 e. The van der Waals surface area contributed by atoms with Crippen LogP contribution in [0.4, 0.5) is 0 Å². The molecule has 0 saturated heterocycles. The second-order valence-electron chi connectivity index (χ2n) is 5.49. The van der Waals surface area contributed by atoms with Gasteiger partial charge in [-0.25, -0.2) is 0 Å². The number of nitrogens with one attached hydrogen (secondary N) is 2. The molecule has 0 radical (unpaired) electrons. The number of methoxy groups -OCH3 is 1. The molecule has 0 aromatic heterocycles. The Kier molecular flexibility index (Phi) is 12.0. The highest BCUT2D eigenvalue weighted by Gasteiger charge is 1.99. The number of hydrogen-bond acceptors (Lipinski definition) is 4. The Morgan fingerprint density at radius 3 is 2.15 bits per heavy atom. The van der Waals surface area contributed by atoms with E-state index >= 15 is 0 Å². The lowest BCUT2D eigenvalue weighted by atomic mass is 10.2. The van der Waals surface area contributed by atoms with Gasteiger partial charge in [0.05, 0.1) is 26.9 Å². The summed E-state index contributed by atoms with van der Waals surface area (Å²) in [6.45, 7) is 3.10. The molecule has 0 atom stereocenters. The summed E-state index contributed by atoms with van der Waals surface area (Å²) in [5.41, 5.74) is 1.17. The molecule has 0 aliphatic carbocycles. The monoisotopic (exact) mass is 485 g/mol. The van der Waals surface area contributed by atoms with Crippen molar-refractivity contribution in [2.24, 2.45) is 4.99 Å². The quantitative estimate of drug-likeness (QED) is 0.235. The minimum atomic E-state index is 0. The van der Waals surface area contributed by atoms with E-state index in [0.717, 1.165) is 17.5 Å². The Bertz CT molecular complexity index is 651. The topological polar surface area (TPSA) is 64.1 Å². The molecule has 0 saturated carbocycles. The number of guanidine groups is 1. The Hall–Kier alpha value is -2.00. The van der Waals surface area contributed by atoms with Gasteiger partial charge in [0.25, 0.3) is 0 Å². The van der Waals surface area contributed by atoms with Crippen molar-refractivity contribution in [2.45, 2.75) is 6.61 Å². The van der Waals surface area contributed by atoms with E-state index in [4.69, 9.17) is 14.2 Å². The van der Waals surface area contributed by atoms with E-state index in [-0.39, 0.29) is 24.0 Å². The van der Waals surface area contributed by atoms with E-state index in [1.807, 2.05) is 42.5 Å². The normalized spacial score (nSPS) is 10.7. The second-order valence-corrected chi connectivity index (χ2v) is 5.49. The molecule has 148 valence electrons. The third-order valence-electron chi connectivity index (χ3n) is 3.60. The van der Waals surface area contributed by atoms with Crippen molar-refractivity contribution in [1.82, 2.24) is 10.6 Å². The summed E-state index contributed by atoms with van der Waals surface area (Å²) in [5, 5.41) is 6.42. The molecule has 27 heavy (non-hydrogen) atoms. The van der Waals surface area contributed by atoms with Crippen molar-refractivity contribution in [3.8, 4) is 11.5 Å². The third-order valence-corrected chi connectivity index (χ3v) is 3.60. The zero-order chi connectivity index (χ0) is 18.5. The molecule has 2 aromatic rings. The highest BCUT2D eigenvalue weighted by atomic mass is 127. The number of benzene rings is 2. The van der Waals surface area contributed by atoms with Gasteiger partial charge in [0.1, 0.15) is 18.1 Å². The molecule has 0 spiro atoms. The average molecular weight is 485 g/mol. The lowest BCUT2D eigenvalue weighted by Gasteiger charge is -2.13. The van der Waals surface area contributed by atoms with Crippen LogP contribution in [0.2, 0.25) is 0 Å². The van der Waals surface area contributed by atoms with Gasteiger partial charge >= 0.3 is 0 Å². The number of rotatable bonds is 10. The zero-order valence-corrected chi connectivity index (χ0v) is 18.1.